The molecule has 0 spiro atoms. The van der Waals surface area contributed by atoms with Crippen LogP contribution in [0.5, 0.6) is 5.75 Å². The van der Waals surface area contributed by atoms with Crippen molar-refractivity contribution in [1.29, 1.82) is 0 Å². The fraction of sp³-hybridized carbons (Fsp3) is 0.538. The Morgan fingerprint density at radius 3 is 2.50 bits per heavy atom. The van der Waals surface area contributed by atoms with Gasteiger partial charge in [0.25, 0.3) is 0 Å². The van der Waals surface area contributed by atoms with Crippen LogP contribution in [0, 0.1) is 17.8 Å². The predicted octanol–water partition coefficient (Wildman–Crippen LogP) is -0.963. The van der Waals surface area contributed by atoms with E-state index in [1.807, 2.05) is 6.92 Å². The minimum Gasteiger partial charge on any atom is -0.508 e. The highest BCUT2D eigenvalue weighted by atomic mass is 16.3. The van der Waals surface area contributed by atoms with Crippen LogP contribution in [0.25, 0.3) is 0 Å². The van der Waals surface area contributed by atoms with Crippen LogP contribution >= 0.6 is 0 Å². The van der Waals surface area contributed by atoms with E-state index < -0.39 is 52.7 Å². The van der Waals surface area contributed by atoms with Gasteiger partial charge >= 0.3 is 0 Å². The maximum absolute atomic E-state index is 13.8. The maximum atomic E-state index is 13.8. The van der Waals surface area contributed by atoms with Gasteiger partial charge in [0, 0.05) is 43.4 Å². The first-order valence-electron chi connectivity index (χ1n) is 12.6. The van der Waals surface area contributed by atoms with E-state index in [4.69, 9.17) is 5.73 Å². The van der Waals surface area contributed by atoms with Crippen molar-refractivity contribution in [2.45, 2.75) is 44.4 Å². The quantitative estimate of drug-likeness (QED) is 0.215. The summed E-state index contributed by atoms with van der Waals surface area (Å²) in [7, 11) is 3.54. The largest absolute Gasteiger partial charge is 0.508 e. The second-order valence-electron chi connectivity index (χ2n) is 10.4. The molecule has 38 heavy (non-hydrogen) atoms. The van der Waals surface area contributed by atoms with E-state index in [2.05, 4.69) is 10.6 Å². The Hall–Kier alpha value is -3.48. The van der Waals surface area contributed by atoms with E-state index in [0.717, 1.165) is 0 Å². The fourth-order valence-electron chi connectivity index (χ4n) is 6.06. The first-order valence-corrected chi connectivity index (χ1v) is 12.6. The molecule has 0 aliphatic heterocycles. The van der Waals surface area contributed by atoms with Gasteiger partial charge in [0.15, 0.2) is 17.2 Å². The predicted molar refractivity (Wildman–Crippen MR) is 135 cm³/mol. The summed E-state index contributed by atoms with van der Waals surface area (Å²) < 4.78 is 0. The van der Waals surface area contributed by atoms with Crippen molar-refractivity contribution >= 4 is 29.1 Å². The summed E-state index contributed by atoms with van der Waals surface area (Å²) in [6.45, 7) is 2.48. The highest BCUT2D eigenvalue weighted by Gasteiger charge is 2.62. The Labute approximate surface area is 219 Å². The second kappa shape index (κ2) is 10.0. The zero-order chi connectivity index (χ0) is 28.1. The first-order chi connectivity index (χ1) is 17.8. The summed E-state index contributed by atoms with van der Waals surface area (Å²) in [5.74, 6) is -7.84. The maximum Gasteiger partial charge on any atom is 0.234 e. The molecule has 0 bridgehead atoms. The molecule has 2 unspecified atom stereocenters. The van der Waals surface area contributed by atoms with Crippen LogP contribution < -0.4 is 21.3 Å². The third-order valence-corrected chi connectivity index (χ3v) is 7.94. The van der Waals surface area contributed by atoms with Gasteiger partial charge in [-0.25, -0.2) is 0 Å². The Balaban J connectivity index is 1.80. The third-order valence-electron chi connectivity index (χ3n) is 7.94. The molecule has 3 aliphatic carbocycles. The Bertz CT molecular complexity index is 1240. The minimum absolute atomic E-state index is 0.0609. The van der Waals surface area contributed by atoms with Crippen LogP contribution in [0.1, 0.15) is 41.3 Å². The number of rotatable bonds is 7. The van der Waals surface area contributed by atoms with Crippen molar-refractivity contribution in [1.82, 2.24) is 10.6 Å². The SMILES string of the molecule is CCNCC(=O)NCc1cc(N(C)C)c2c(c1O)C(=O)C1=C(O)[C@]3(O)C(=O)C(C(N)=O)C(O)C[C@@H]3C[C@@H]1C2. The number of phenolic OH excluding ortho intramolecular Hbond substituents is 1. The lowest BCUT2D eigenvalue weighted by Gasteiger charge is -2.48. The van der Waals surface area contributed by atoms with Crippen molar-refractivity contribution in [3.05, 3.63) is 34.1 Å². The van der Waals surface area contributed by atoms with E-state index in [-0.39, 0.29) is 60.7 Å². The van der Waals surface area contributed by atoms with Crippen LogP contribution in [-0.2, 0) is 27.3 Å². The van der Waals surface area contributed by atoms with Crippen molar-refractivity contribution in [2.75, 3.05) is 32.1 Å². The molecule has 4 rings (SSSR count). The summed E-state index contributed by atoms with van der Waals surface area (Å²) in [5, 5.41) is 49.7. The number of ketones is 2. The lowest BCUT2D eigenvalue weighted by atomic mass is 9.57. The number of hydrogen-bond acceptors (Lipinski definition) is 10. The number of likely N-dealkylation sites (N-methyl/N-ethyl adjacent to an activating group) is 1. The lowest BCUT2D eigenvalue weighted by molar-refractivity contribution is -0.167. The molecule has 0 aromatic heterocycles. The monoisotopic (exact) mass is 530 g/mol. The molecule has 5 atom stereocenters. The molecular weight excluding hydrogens is 496 g/mol. The molecule has 2 amide bonds. The average molecular weight is 531 g/mol. The second-order valence-corrected chi connectivity index (χ2v) is 10.4. The number of nitrogens with two attached hydrogens (primary N) is 1. The van der Waals surface area contributed by atoms with Gasteiger partial charge in [0.2, 0.25) is 11.8 Å². The fourth-order valence-corrected chi connectivity index (χ4v) is 6.06. The van der Waals surface area contributed by atoms with Crippen molar-refractivity contribution in [3.63, 3.8) is 0 Å². The van der Waals surface area contributed by atoms with Crippen LogP contribution in [0.4, 0.5) is 5.69 Å². The van der Waals surface area contributed by atoms with Crippen LogP contribution in [0.15, 0.2) is 17.4 Å². The molecular formula is C26H34N4O8. The minimum atomic E-state index is -2.56. The number of primary amides is 1. The van der Waals surface area contributed by atoms with Crippen LogP contribution in [-0.4, -0.2) is 82.7 Å². The van der Waals surface area contributed by atoms with Gasteiger partial charge < -0.3 is 41.7 Å². The Morgan fingerprint density at radius 1 is 1.21 bits per heavy atom. The summed E-state index contributed by atoms with van der Waals surface area (Å²) in [6, 6.07) is 1.69. The molecule has 3 aliphatic rings. The number of aromatic hydroxyl groups is 1. The van der Waals surface area contributed by atoms with E-state index in [1.54, 1.807) is 25.1 Å². The molecule has 1 aromatic carbocycles. The molecule has 0 heterocycles. The molecule has 8 N–H and O–H groups in total. The zero-order valence-electron chi connectivity index (χ0n) is 21.6. The molecule has 0 radical (unpaired) electrons. The van der Waals surface area contributed by atoms with E-state index in [9.17, 15) is 39.6 Å². The lowest BCUT2D eigenvalue weighted by Crippen LogP contribution is -2.63. The number of aliphatic hydroxyl groups is 3. The number of allylic oxidation sites excluding steroid dienone is 1. The summed E-state index contributed by atoms with van der Waals surface area (Å²) in [6.07, 6.45) is -1.28. The Kier molecular flexibility index (Phi) is 7.26. The number of nitrogens with zero attached hydrogens (tertiary/aromatic N) is 1. The van der Waals surface area contributed by atoms with Gasteiger partial charge in [-0.05, 0) is 43.4 Å². The number of nitrogens with one attached hydrogen (secondary N) is 2. The van der Waals surface area contributed by atoms with Gasteiger partial charge in [0.1, 0.15) is 17.4 Å². The highest BCUT2D eigenvalue weighted by molar-refractivity contribution is 6.16. The number of hydrogen-bond donors (Lipinski definition) is 7. The molecule has 1 aromatic rings. The van der Waals surface area contributed by atoms with Gasteiger partial charge in [0.05, 0.1) is 18.2 Å². The van der Waals surface area contributed by atoms with Crippen LogP contribution in [0.3, 0.4) is 0 Å². The standard InChI is InChI=1S/C26H34N4O8/c1-4-28-10-17(32)29-9-12-7-15(30(2)3)14-6-11-5-13-8-16(31)20(25(27)37)24(36)26(13,38)23(35)18(11)22(34)19(14)21(12)33/h7,11,13,16,20,28,31,33,35,38H,4-6,8-10H2,1-3H3,(H2,27,37)(H,29,32)/t11-,13+,16?,20?,26+/m1/s1. The number of Topliss-reactive ketones (excluding diaryl/α,β-unsaturated/α-hetero) is 2. The third kappa shape index (κ3) is 4.22. The van der Waals surface area contributed by atoms with Gasteiger partial charge in [-0.1, -0.05) is 6.92 Å². The van der Waals surface area contributed by atoms with E-state index in [1.165, 1.54) is 0 Å². The summed E-state index contributed by atoms with van der Waals surface area (Å²) in [4.78, 5) is 52.7. The molecule has 12 nitrogen and oxygen atoms in total. The normalized spacial score (nSPS) is 28.3. The van der Waals surface area contributed by atoms with Crippen molar-refractivity contribution in [2.24, 2.45) is 23.5 Å². The number of aliphatic hydroxyl groups excluding tert-OH is 2. The molecule has 0 saturated heterocycles. The van der Waals surface area contributed by atoms with Crippen molar-refractivity contribution in [3.8, 4) is 5.75 Å². The number of benzene rings is 1. The van der Waals surface area contributed by atoms with E-state index in [0.29, 0.717) is 17.8 Å². The number of anilines is 1. The molecule has 12 heteroatoms. The van der Waals surface area contributed by atoms with Gasteiger partial charge in [-0.3, -0.25) is 19.2 Å². The molecule has 206 valence electrons. The Morgan fingerprint density at radius 2 is 1.89 bits per heavy atom. The van der Waals surface area contributed by atoms with Crippen molar-refractivity contribution < 1.29 is 39.6 Å². The number of carbonyl (C=O) groups is 4. The number of amides is 2. The zero-order valence-corrected chi connectivity index (χ0v) is 21.6. The molecule has 1 saturated carbocycles. The highest BCUT2D eigenvalue weighted by Crippen LogP contribution is 2.52. The topological polar surface area (TPSA) is 203 Å². The number of fused-ring (bicyclic) bond motifs is 3. The van der Waals surface area contributed by atoms with E-state index >= 15 is 0 Å². The smallest absolute Gasteiger partial charge is 0.234 e. The van der Waals surface area contributed by atoms with Gasteiger partial charge in [-0.15, -0.1) is 0 Å². The van der Waals surface area contributed by atoms with Crippen LogP contribution in [0.2, 0.25) is 0 Å². The average Bonchev–Trinajstić information content (AvgIpc) is 2.83. The summed E-state index contributed by atoms with van der Waals surface area (Å²) in [5.41, 5.74) is 3.88. The summed E-state index contributed by atoms with van der Waals surface area (Å²) >= 11 is 0. The number of phenols is 1. The number of carbonyl (C=O) groups excluding carboxylic acids is 4. The van der Waals surface area contributed by atoms with Gasteiger partial charge in [-0.2, -0.15) is 0 Å². The molecule has 1 fully saturated rings. The first kappa shape index (κ1) is 27.6.